The van der Waals surface area contributed by atoms with Gasteiger partial charge < -0.3 is 27.8 Å². The first-order valence-electron chi connectivity index (χ1n) is 7.51. The molecule has 0 aliphatic rings. The summed E-state index contributed by atoms with van der Waals surface area (Å²) in [6, 6.07) is -1.69. The number of nitrogens with one attached hydrogen (secondary N) is 2. The minimum Gasteiger partial charge on any atom is -0.370 e. The van der Waals surface area contributed by atoms with Crippen LogP contribution >= 0.6 is 0 Å². The van der Waals surface area contributed by atoms with Gasteiger partial charge in [0.1, 0.15) is 5.78 Å². The van der Waals surface area contributed by atoms with E-state index < -0.39 is 23.9 Å². The number of amides is 2. The number of hydrogen-bond acceptors (Lipinski definition) is 6. The zero-order valence-electron chi connectivity index (χ0n) is 14.0. The van der Waals surface area contributed by atoms with E-state index in [1.165, 1.54) is 13.8 Å². The first-order valence-corrected chi connectivity index (χ1v) is 7.51. The Morgan fingerprint density at radius 3 is 2.25 bits per heavy atom. The molecule has 10 nitrogen and oxygen atoms in total. The lowest BCUT2D eigenvalue weighted by Crippen LogP contribution is -2.48. The average molecular weight is 342 g/mol. The molecule has 0 aliphatic heterocycles. The summed E-state index contributed by atoms with van der Waals surface area (Å²) in [7, 11) is 0. The molecule has 8 N–H and O–H groups in total. The van der Waals surface area contributed by atoms with Gasteiger partial charge in [0, 0.05) is 13.0 Å². The van der Waals surface area contributed by atoms with Gasteiger partial charge in [-0.25, -0.2) is 0 Å². The zero-order valence-corrected chi connectivity index (χ0v) is 14.0. The van der Waals surface area contributed by atoms with Crippen LogP contribution in [0.3, 0.4) is 0 Å². The minimum atomic E-state index is -0.889. The molecule has 0 aromatic heterocycles. The minimum absolute atomic E-state index is 0.0321. The van der Waals surface area contributed by atoms with E-state index in [1.54, 1.807) is 0 Å². The summed E-state index contributed by atoms with van der Waals surface area (Å²) in [4.78, 5) is 49.6. The molecule has 24 heavy (non-hydrogen) atoms. The Balaban J connectivity index is 4.19. The third-order valence-electron chi connectivity index (χ3n) is 3.05. The van der Waals surface area contributed by atoms with Gasteiger partial charge in [-0.05, 0) is 26.7 Å². The van der Waals surface area contributed by atoms with Gasteiger partial charge in [0.25, 0.3) is 0 Å². The van der Waals surface area contributed by atoms with E-state index in [0.717, 1.165) is 0 Å². The molecular weight excluding hydrogens is 316 g/mol. The Hall–Kier alpha value is -2.49. The third kappa shape index (κ3) is 10.3. The van der Waals surface area contributed by atoms with Gasteiger partial charge in [-0.1, -0.05) is 0 Å². The van der Waals surface area contributed by atoms with Crippen molar-refractivity contribution in [3.63, 3.8) is 0 Å². The topological polar surface area (TPSA) is 183 Å². The first-order chi connectivity index (χ1) is 11.1. The molecule has 0 saturated heterocycles. The van der Waals surface area contributed by atoms with Gasteiger partial charge in [-0.3, -0.25) is 24.2 Å². The van der Waals surface area contributed by atoms with Gasteiger partial charge in [-0.2, -0.15) is 0 Å². The maximum absolute atomic E-state index is 11.8. The first kappa shape index (κ1) is 21.5. The predicted molar refractivity (Wildman–Crippen MR) is 88.8 cm³/mol. The highest BCUT2D eigenvalue weighted by molar-refractivity contribution is 5.93. The largest absolute Gasteiger partial charge is 0.370 e. The van der Waals surface area contributed by atoms with E-state index in [9.17, 15) is 19.2 Å². The smallest absolute Gasteiger partial charge is 0.239 e. The second kappa shape index (κ2) is 11.1. The van der Waals surface area contributed by atoms with Gasteiger partial charge in [0.15, 0.2) is 11.7 Å². The number of ketones is 2. The van der Waals surface area contributed by atoms with Gasteiger partial charge in [-0.15, -0.1) is 0 Å². The highest BCUT2D eigenvalue weighted by atomic mass is 16.2. The van der Waals surface area contributed by atoms with Crippen molar-refractivity contribution in [2.24, 2.45) is 22.2 Å². The summed E-state index contributed by atoms with van der Waals surface area (Å²) in [6.45, 7) is 2.63. The van der Waals surface area contributed by atoms with Crippen LogP contribution in [0.25, 0.3) is 0 Å². The molecule has 136 valence electrons. The third-order valence-corrected chi connectivity index (χ3v) is 3.05. The molecule has 0 unspecified atom stereocenters. The van der Waals surface area contributed by atoms with Crippen molar-refractivity contribution in [1.82, 2.24) is 10.6 Å². The summed E-state index contributed by atoms with van der Waals surface area (Å²) in [5.41, 5.74) is 16.0. The molecule has 0 aliphatic carbocycles. The van der Waals surface area contributed by atoms with E-state index in [1.807, 2.05) is 0 Å². The van der Waals surface area contributed by atoms with E-state index >= 15 is 0 Å². The molecule has 0 radical (unpaired) electrons. The van der Waals surface area contributed by atoms with Crippen LogP contribution in [-0.4, -0.2) is 54.5 Å². The Bertz CT molecular complexity index is 501. The van der Waals surface area contributed by atoms with Crippen LogP contribution < -0.4 is 27.8 Å². The van der Waals surface area contributed by atoms with Gasteiger partial charge >= 0.3 is 0 Å². The Morgan fingerprint density at radius 2 is 1.75 bits per heavy atom. The van der Waals surface area contributed by atoms with Crippen molar-refractivity contribution >= 4 is 29.3 Å². The van der Waals surface area contributed by atoms with Crippen molar-refractivity contribution in [3.05, 3.63) is 0 Å². The summed E-state index contributed by atoms with van der Waals surface area (Å²) >= 11 is 0. The zero-order chi connectivity index (χ0) is 18.7. The highest BCUT2D eigenvalue weighted by Gasteiger charge is 2.20. The number of carbonyl (C=O) groups is 4. The van der Waals surface area contributed by atoms with E-state index in [4.69, 9.17) is 17.2 Å². The molecule has 2 amide bonds. The van der Waals surface area contributed by atoms with Crippen LogP contribution in [0, 0.1) is 0 Å². The molecule has 10 heteroatoms. The Labute approximate surface area is 140 Å². The van der Waals surface area contributed by atoms with Crippen LogP contribution in [-0.2, 0) is 19.2 Å². The molecule has 0 bridgehead atoms. The molecule has 2 atom stereocenters. The normalized spacial score (nSPS) is 12.6. The van der Waals surface area contributed by atoms with Crippen molar-refractivity contribution in [3.8, 4) is 0 Å². The molecule has 0 spiro atoms. The lowest BCUT2D eigenvalue weighted by atomic mass is 10.1. The molecule has 0 aromatic rings. The Kier molecular flexibility index (Phi) is 9.96. The van der Waals surface area contributed by atoms with Crippen molar-refractivity contribution in [2.45, 2.75) is 45.2 Å². The molecular formula is C14H26N6O4. The van der Waals surface area contributed by atoms with Gasteiger partial charge in [0.2, 0.25) is 11.8 Å². The predicted octanol–water partition coefficient (Wildman–Crippen LogP) is -2.46. The number of nitrogens with two attached hydrogens (primary N) is 3. The molecule has 0 heterocycles. The van der Waals surface area contributed by atoms with Crippen molar-refractivity contribution in [2.75, 3.05) is 13.1 Å². The lowest BCUT2D eigenvalue weighted by molar-refractivity contribution is -0.130. The summed E-state index contributed by atoms with van der Waals surface area (Å²) in [6.07, 6.45) is 0.785. The number of carbonyl (C=O) groups excluding carboxylic acids is 4. The highest BCUT2D eigenvalue weighted by Crippen LogP contribution is 1.97. The summed E-state index contributed by atoms with van der Waals surface area (Å²) in [5.74, 6) is -1.66. The number of guanidine groups is 1. The maximum atomic E-state index is 11.8. The fraction of sp³-hybridized carbons (Fsp3) is 0.643. The second-order valence-electron chi connectivity index (χ2n) is 5.41. The lowest BCUT2D eigenvalue weighted by Gasteiger charge is -2.16. The van der Waals surface area contributed by atoms with E-state index in [2.05, 4.69) is 15.6 Å². The fourth-order valence-electron chi connectivity index (χ4n) is 1.78. The number of Topliss-reactive ketones (excluding diaryl/α,β-unsaturated/α-hetero) is 2. The number of aliphatic imine (C=N–C) groups is 1. The molecule has 0 aromatic carbocycles. The summed E-state index contributed by atoms with van der Waals surface area (Å²) in [5, 5.41) is 4.77. The molecule has 0 rings (SSSR count). The van der Waals surface area contributed by atoms with Crippen LogP contribution in [0.5, 0.6) is 0 Å². The van der Waals surface area contributed by atoms with Crippen molar-refractivity contribution in [1.29, 1.82) is 0 Å². The standard InChI is InChI=1S/C14H26N6O4/c1-8(21)6-11(9(2)22)20-12(23)7-19-13(24)10(15)4-3-5-18-14(16)17/h10-11H,3-7,15H2,1-2H3,(H,19,24)(H,20,23)(H4,16,17,18)/t10-,11-/m0/s1. The van der Waals surface area contributed by atoms with Crippen molar-refractivity contribution < 1.29 is 19.2 Å². The number of rotatable bonds is 11. The quantitative estimate of drug-likeness (QED) is 0.156. The molecule has 0 fully saturated rings. The molecule has 0 saturated carbocycles. The monoisotopic (exact) mass is 342 g/mol. The van der Waals surface area contributed by atoms with Crippen LogP contribution in [0.4, 0.5) is 0 Å². The maximum Gasteiger partial charge on any atom is 0.239 e. The number of nitrogens with zero attached hydrogens (tertiary/aromatic N) is 1. The van der Waals surface area contributed by atoms with Gasteiger partial charge in [0.05, 0.1) is 18.6 Å². The fourth-order valence-corrected chi connectivity index (χ4v) is 1.78. The second-order valence-corrected chi connectivity index (χ2v) is 5.41. The SMILES string of the molecule is CC(=O)C[C@H](NC(=O)CNC(=O)[C@@H](N)CCCN=C(N)N)C(C)=O. The van der Waals surface area contributed by atoms with E-state index in [-0.39, 0.29) is 30.5 Å². The Morgan fingerprint density at radius 1 is 1.12 bits per heavy atom. The van der Waals surface area contributed by atoms with Crippen LogP contribution in [0.2, 0.25) is 0 Å². The average Bonchev–Trinajstić information content (AvgIpc) is 2.47. The summed E-state index contributed by atoms with van der Waals surface area (Å²) < 4.78 is 0. The van der Waals surface area contributed by atoms with Crippen LogP contribution in [0.15, 0.2) is 4.99 Å². The van der Waals surface area contributed by atoms with Crippen LogP contribution in [0.1, 0.15) is 33.1 Å². The number of hydrogen-bond donors (Lipinski definition) is 5. The van der Waals surface area contributed by atoms with E-state index in [0.29, 0.717) is 19.4 Å².